The fourth-order valence-electron chi connectivity index (χ4n) is 10.7. The van der Waals surface area contributed by atoms with E-state index < -0.39 is 9.84 Å². The predicted molar refractivity (Wildman–Crippen MR) is 383 cm³/mol. The number of aromatic amines is 2. The summed E-state index contributed by atoms with van der Waals surface area (Å²) in [6.45, 7) is 30.5. The second-order valence-corrected chi connectivity index (χ2v) is 27.5. The van der Waals surface area contributed by atoms with Crippen LogP contribution in [0.4, 0.5) is 0 Å². The van der Waals surface area contributed by atoms with Gasteiger partial charge in [0, 0.05) is 109 Å². The molecule has 4 aromatic carbocycles. The molecule has 0 aliphatic carbocycles. The van der Waals surface area contributed by atoms with Gasteiger partial charge in [-0.05, 0) is 195 Å². The second kappa shape index (κ2) is 33.9. The highest BCUT2D eigenvalue weighted by atomic mass is 35.5. The zero-order chi connectivity index (χ0) is 67.6. The average molecular weight is 1330 g/mol. The molecule has 7 aromatic heterocycles. The molecule has 2 N–H and O–H groups in total. The van der Waals surface area contributed by atoms with Gasteiger partial charge < -0.3 is 28.2 Å². The number of nitrogens with one attached hydrogen (secondary N) is 2. The van der Waals surface area contributed by atoms with Gasteiger partial charge in [-0.1, -0.05) is 103 Å². The third kappa shape index (κ3) is 18.1. The summed E-state index contributed by atoms with van der Waals surface area (Å²) in [5.41, 5.74) is 21.1. The second-order valence-electron chi connectivity index (χ2n) is 22.6. The molecule has 0 saturated carbocycles. The number of thiophene rings is 1. The Morgan fingerprint density at radius 2 is 1.26 bits per heavy atom. The Labute approximate surface area is 562 Å². The molecular weight excluding hydrogens is 1240 g/mol. The van der Waals surface area contributed by atoms with E-state index in [2.05, 4.69) is 191 Å². The van der Waals surface area contributed by atoms with E-state index in [1.54, 1.807) is 18.3 Å². The lowest BCUT2D eigenvalue weighted by atomic mass is 10.0. The number of benzene rings is 4. The SMILES string of the molecule is CCCS(=O)(=O)c1c(C)c(C)n(Cc2cccc(C)c2C)c1C.CCn1cc(-c2ccc(Cl)cc2)c(C#N)c1C.Cc1c(C=O)[nH]c(Cl)c1C=O.Cc1c(CSc2ccccc2)[nH]c2ccccc12.Cc1ccc(C)n1C.Cc1cn(Cc2cccs2)c(C)c1C#N. The minimum absolute atomic E-state index is 0.210. The number of nitriles is 2. The quantitative estimate of drug-likeness (QED) is 0.0807. The minimum atomic E-state index is -3.20. The largest absolute Gasteiger partial charge is 0.357 e. The first-order chi connectivity index (χ1) is 43.9. The summed E-state index contributed by atoms with van der Waals surface area (Å²) < 4.78 is 33.7. The fourth-order valence-corrected chi connectivity index (χ4v) is 14.7. The van der Waals surface area contributed by atoms with Crippen molar-refractivity contribution >= 4 is 79.6 Å². The van der Waals surface area contributed by atoms with Crippen LogP contribution in [0, 0.1) is 106 Å². The van der Waals surface area contributed by atoms with Gasteiger partial charge in [0.1, 0.15) is 17.3 Å². The molecule has 12 nitrogen and oxygen atoms in total. The summed E-state index contributed by atoms with van der Waals surface area (Å²) in [7, 11) is -1.13. The first-order valence-corrected chi connectivity index (χ1v) is 34.6. The molecule has 17 heteroatoms. The van der Waals surface area contributed by atoms with Crippen molar-refractivity contribution in [3.05, 3.63) is 255 Å². The normalized spacial score (nSPS) is 10.7. The first kappa shape index (κ1) is 72.8. The number of carbonyl (C=O) groups is 2. The molecule has 11 aromatic rings. The van der Waals surface area contributed by atoms with Crippen LogP contribution >= 0.6 is 46.3 Å². The summed E-state index contributed by atoms with van der Waals surface area (Å²) in [5.74, 6) is 1.20. The number of nitrogens with zero attached hydrogens (tertiary/aromatic N) is 6. The van der Waals surface area contributed by atoms with E-state index in [-0.39, 0.29) is 10.9 Å². The van der Waals surface area contributed by atoms with Crippen molar-refractivity contribution in [3.63, 3.8) is 0 Å². The number of hydrogen-bond donors (Lipinski definition) is 2. The number of sulfone groups is 1. The Bertz CT molecular complexity index is 4470. The van der Waals surface area contributed by atoms with Crippen molar-refractivity contribution < 1.29 is 18.0 Å². The van der Waals surface area contributed by atoms with Gasteiger partial charge in [0.25, 0.3) is 0 Å². The molecule has 0 radical (unpaired) electrons. The van der Waals surface area contributed by atoms with E-state index in [0.29, 0.717) is 52.3 Å². The van der Waals surface area contributed by atoms with E-state index in [1.165, 1.54) is 60.0 Å². The number of H-pyrrole nitrogens is 2. The molecule has 0 aliphatic rings. The summed E-state index contributed by atoms with van der Waals surface area (Å²) in [6, 6.07) is 45.8. The number of fused-ring (bicyclic) bond motifs is 1. The Morgan fingerprint density at radius 1 is 0.620 bits per heavy atom. The number of para-hydroxylation sites is 1. The molecule has 0 spiro atoms. The van der Waals surface area contributed by atoms with E-state index >= 15 is 0 Å². The number of hydrogen-bond acceptors (Lipinski definition) is 8. The molecule has 0 atom stereocenters. The maximum absolute atomic E-state index is 12.6. The third-order valence-corrected chi connectivity index (χ3v) is 21.3. The van der Waals surface area contributed by atoms with Gasteiger partial charge in [-0.2, -0.15) is 10.5 Å². The van der Waals surface area contributed by atoms with Crippen molar-refractivity contribution in [2.24, 2.45) is 7.05 Å². The standard InChI is InChI=1S/C19H27NO2S.C16H15NS.C14H13ClN2.C12H12N2S.C7H6ClNO2.C7H11N/c1-7-11-23(21,22)19-15(4)16(5)20(17(19)6)12-18-10-8-9-13(2)14(18)3;1-12-14-9-5-6-10-15(14)17-16(12)11-18-13-7-3-2-4-8-13;1-3-17-9-14(13(8-16)10(17)2)11-4-6-12(15)7-5-11;1-9-7-14(10(2)12(9)6-13)8-11-4-3-5-15-11;1-4-5(2-10)7(8)9-6(4)3-11;1-6-4-5-7(2)8(6)3/h8-10H,7,11-12H2,1-6H3;2-10,17H,11H2,1H3;4-7,9H,3H2,1-2H3;3-5,7H,8H2,1-2H3;2-3,9H,1H3;4-5H,1-3H3. The van der Waals surface area contributed by atoms with Crippen LogP contribution < -0.4 is 0 Å². The summed E-state index contributed by atoms with van der Waals surface area (Å²) in [5, 5.41) is 22.6. The van der Waals surface area contributed by atoms with E-state index in [0.717, 1.165) is 75.0 Å². The third-order valence-electron chi connectivity index (χ3n) is 16.7. The average Bonchev–Trinajstić information content (AvgIpc) is 1.63. The Kier molecular flexibility index (Phi) is 26.8. The smallest absolute Gasteiger partial charge is 0.180 e. The van der Waals surface area contributed by atoms with Crippen molar-refractivity contribution in [1.82, 2.24) is 28.2 Å². The van der Waals surface area contributed by atoms with Gasteiger partial charge in [-0.3, -0.25) is 9.59 Å². The van der Waals surface area contributed by atoms with Crippen LogP contribution in [-0.4, -0.2) is 55.0 Å². The maximum Gasteiger partial charge on any atom is 0.180 e. The maximum atomic E-state index is 12.6. The number of halogens is 2. The number of carbonyl (C=O) groups excluding carboxylic acids is 2. The topological polar surface area (TPSA) is 167 Å². The molecule has 0 saturated heterocycles. The summed E-state index contributed by atoms with van der Waals surface area (Å²) in [6.07, 6.45) is 5.97. The molecule has 0 bridgehead atoms. The van der Waals surface area contributed by atoms with E-state index in [1.807, 2.05) is 96.9 Å². The molecule has 0 aliphatic heterocycles. The van der Waals surface area contributed by atoms with Crippen LogP contribution in [0.15, 0.2) is 149 Å². The van der Waals surface area contributed by atoms with Crippen molar-refractivity contribution in [2.45, 2.75) is 139 Å². The van der Waals surface area contributed by atoms with Crippen LogP contribution in [0.1, 0.15) is 136 Å². The van der Waals surface area contributed by atoms with Gasteiger partial charge in [-0.15, -0.1) is 23.1 Å². The number of aryl methyl sites for hydroxylation is 6. The highest BCUT2D eigenvalue weighted by molar-refractivity contribution is 7.98. The van der Waals surface area contributed by atoms with Crippen LogP contribution in [0.25, 0.3) is 22.0 Å². The zero-order valence-corrected chi connectivity index (χ0v) is 59.4. The number of thioether (sulfide) groups is 1. The number of aromatic nitrogens is 6. The highest BCUT2D eigenvalue weighted by Crippen LogP contribution is 2.32. The Morgan fingerprint density at radius 3 is 1.79 bits per heavy atom. The Hall–Kier alpha value is -8.28. The molecule has 92 heavy (non-hydrogen) atoms. The fraction of sp³-hybridized carbons (Fsp3) is 0.280. The number of rotatable bonds is 14. The van der Waals surface area contributed by atoms with Crippen LogP contribution in [0.3, 0.4) is 0 Å². The van der Waals surface area contributed by atoms with Gasteiger partial charge in [0.05, 0.1) is 39.6 Å². The summed E-state index contributed by atoms with van der Waals surface area (Å²) in [4.78, 5) is 29.9. The van der Waals surface area contributed by atoms with E-state index in [4.69, 9.17) is 28.5 Å². The lowest BCUT2D eigenvalue weighted by Gasteiger charge is -2.13. The molecular formula is C75H84Cl2N8O4S3. The number of aldehydes is 2. The zero-order valence-electron chi connectivity index (χ0n) is 55.5. The molecule has 0 fully saturated rings. The highest BCUT2D eigenvalue weighted by Gasteiger charge is 2.25. The summed E-state index contributed by atoms with van der Waals surface area (Å²) >= 11 is 15.1. The van der Waals surface area contributed by atoms with Crippen LogP contribution in [-0.2, 0) is 42.3 Å². The molecule has 7 heterocycles. The molecule has 0 unspecified atom stereocenters. The van der Waals surface area contributed by atoms with Crippen LogP contribution in [0.2, 0.25) is 10.2 Å². The van der Waals surface area contributed by atoms with Gasteiger partial charge in [0.15, 0.2) is 22.4 Å². The lowest BCUT2D eigenvalue weighted by molar-refractivity contribution is 0.111. The lowest BCUT2D eigenvalue weighted by Crippen LogP contribution is -2.10. The van der Waals surface area contributed by atoms with Gasteiger partial charge >= 0.3 is 0 Å². The molecule has 480 valence electrons. The first-order valence-electron chi connectivity index (χ1n) is 30.4. The van der Waals surface area contributed by atoms with Crippen molar-refractivity contribution in [1.29, 1.82) is 10.5 Å². The molecule has 11 rings (SSSR count). The monoisotopic (exact) mass is 1330 g/mol. The Balaban J connectivity index is 0.000000180. The van der Waals surface area contributed by atoms with Crippen molar-refractivity contribution in [2.75, 3.05) is 5.75 Å². The van der Waals surface area contributed by atoms with E-state index in [9.17, 15) is 23.3 Å². The minimum Gasteiger partial charge on any atom is -0.357 e. The van der Waals surface area contributed by atoms with Crippen LogP contribution in [0.5, 0.6) is 0 Å². The van der Waals surface area contributed by atoms with Crippen molar-refractivity contribution in [3.8, 4) is 23.3 Å². The molecule has 0 amide bonds. The predicted octanol–water partition coefficient (Wildman–Crippen LogP) is 19.4. The van der Waals surface area contributed by atoms with Gasteiger partial charge in [-0.25, -0.2) is 8.42 Å². The van der Waals surface area contributed by atoms with Gasteiger partial charge in [0.2, 0.25) is 0 Å².